The summed E-state index contributed by atoms with van der Waals surface area (Å²) in [5.74, 6) is -1.02. The van der Waals surface area contributed by atoms with Crippen LogP contribution in [0.4, 0.5) is 13.2 Å². The second kappa shape index (κ2) is 5.13. The van der Waals surface area contributed by atoms with Crippen molar-refractivity contribution in [1.82, 2.24) is 15.2 Å². The van der Waals surface area contributed by atoms with Gasteiger partial charge < -0.3 is 4.42 Å². The lowest BCUT2D eigenvalue weighted by molar-refractivity contribution is -0.140. The number of alkyl halides is 3. The zero-order valence-corrected chi connectivity index (χ0v) is 11.6. The van der Waals surface area contributed by atoms with Crippen LogP contribution in [-0.4, -0.2) is 23.6 Å². The van der Waals surface area contributed by atoms with Crippen LogP contribution < -0.4 is 0 Å². The van der Waals surface area contributed by atoms with Crippen molar-refractivity contribution in [2.24, 2.45) is 0 Å². The molecule has 0 unspecified atom stereocenters. The number of hydrogen-bond donors (Lipinski definition) is 0. The van der Waals surface area contributed by atoms with Crippen LogP contribution in [0.25, 0.3) is 0 Å². The third-order valence-electron chi connectivity index (χ3n) is 2.10. The van der Waals surface area contributed by atoms with Gasteiger partial charge in [-0.3, -0.25) is 0 Å². The van der Waals surface area contributed by atoms with Crippen LogP contribution in [-0.2, 0) is 27.5 Å². The summed E-state index contributed by atoms with van der Waals surface area (Å²) in [6.07, 6.45) is -4.58. The van der Waals surface area contributed by atoms with Gasteiger partial charge in [0.2, 0.25) is 11.8 Å². The summed E-state index contributed by atoms with van der Waals surface area (Å²) in [6.45, 7) is 1.50. The van der Waals surface area contributed by atoms with Gasteiger partial charge in [0, 0.05) is 12.3 Å². The molecule has 11 heteroatoms. The maximum Gasteiger partial charge on any atom is 0.434 e. The Morgan fingerprint density at radius 2 is 2.00 bits per heavy atom. The highest BCUT2D eigenvalue weighted by molar-refractivity contribution is 7.89. The van der Waals surface area contributed by atoms with Crippen LogP contribution in [0.1, 0.15) is 22.5 Å². The molecule has 0 atom stereocenters. The van der Waals surface area contributed by atoms with E-state index in [0.29, 0.717) is 11.3 Å². The average Bonchev–Trinajstić information content (AvgIpc) is 2.86. The monoisotopic (exact) mass is 327 g/mol. The van der Waals surface area contributed by atoms with E-state index in [1.54, 1.807) is 0 Å². The lowest BCUT2D eigenvalue weighted by Crippen LogP contribution is -2.09. The Kier molecular flexibility index (Phi) is 3.82. The molecule has 110 valence electrons. The van der Waals surface area contributed by atoms with Crippen LogP contribution in [0.2, 0.25) is 0 Å². The van der Waals surface area contributed by atoms with E-state index in [9.17, 15) is 21.6 Å². The van der Waals surface area contributed by atoms with Crippen LogP contribution in [0.3, 0.4) is 0 Å². The molecule has 0 N–H and O–H groups in total. The van der Waals surface area contributed by atoms with E-state index in [1.165, 1.54) is 6.92 Å². The van der Waals surface area contributed by atoms with Crippen molar-refractivity contribution in [3.05, 3.63) is 27.9 Å². The number of rotatable bonds is 4. The maximum absolute atomic E-state index is 12.3. The number of aromatic nitrogens is 3. The molecule has 20 heavy (non-hydrogen) atoms. The fourth-order valence-electron chi connectivity index (χ4n) is 1.33. The first kappa shape index (κ1) is 14.9. The molecule has 0 saturated heterocycles. The molecule has 0 aliphatic rings. The Morgan fingerprint density at radius 1 is 1.30 bits per heavy atom. The minimum absolute atomic E-state index is 0.102. The first-order valence-electron chi connectivity index (χ1n) is 5.17. The van der Waals surface area contributed by atoms with E-state index in [-0.39, 0.29) is 16.8 Å². The van der Waals surface area contributed by atoms with Gasteiger partial charge in [-0.25, -0.2) is 13.4 Å². The van der Waals surface area contributed by atoms with Gasteiger partial charge in [-0.1, -0.05) is 0 Å². The van der Waals surface area contributed by atoms with Gasteiger partial charge in [0.15, 0.2) is 15.5 Å². The molecule has 0 aromatic carbocycles. The van der Waals surface area contributed by atoms with Crippen molar-refractivity contribution < 1.29 is 26.0 Å². The second-order valence-electron chi connectivity index (χ2n) is 3.87. The van der Waals surface area contributed by atoms with Crippen LogP contribution >= 0.6 is 11.3 Å². The van der Waals surface area contributed by atoms with Crippen molar-refractivity contribution in [3.63, 3.8) is 0 Å². The number of aryl methyl sites for hydroxylation is 1. The lowest BCUT2D eigenvalue weighted by atomic mass is 10.5. The molecule has 2 rings (SSSR count). The molecule has 2 aromatic rings. The number of sulfone groups is 1. The molecule has 0 radical (unpaired) electrons. The topological polar surface area (TPSA) is 86.0 Å². The van der Waals surface area contributed by atoms with Gasteiger partial charge in [-0.05, 0) is 0 Å². The highest BCUT2D eigenvalue weighted by atomic mass is 32.2. The molecule has 2 heterocycles. The predicted molar refractivity (Wildman–Crippen MR) is 62.5 cm³/mol. The summed E-state index contributed by atoms with van der Waals surface area (Å²) in [7, 11) is -3.72. The Balaban J connectivity index is 2.10. The van der Waals surface area contributed by atoms with E-state index in [0.717, 1.165) is 5.38 Å². The molecule has 0 aliphatic carbocycles. The lowest BCUT2D eigenvalue weighted by Gasteiger charge is -2.00. The summed E-state index contributed by atoms with van der Waals surface area (Å²) < 4.78 is 65.5. The first-order chi connectivity index (χ1) is 9.16. The Morgan fingerprint density at radius 3 is 2.50 bits per heavy atom. The first-order valence-corrected chi connectivity index (χ1v) is 7.87. The molecule has 0 amide bonds. The Bertz CT molecular complexity index is 705. The van der Waals surface area contributed by atoms with E-state index in [4.69, 9.17) is 4.42 Å². The van der Waals surface area contributed by atoms with Crippen molar-refractivity contribution in [2.45, 2.75) is 24.6 Å². The molecule has 0 bridgehead atoms. The normalized spacial score (nSPS) is 12.8. The van der Waals surface area contributed by atoms with E-state index < -0.39 is 33.2 Å². The summed E-state index contributed by atoms with van der Waals surface area (Å²) in [6, 6.07) is 0. The fourth-order valence-corrected chi connectivity index (χ4v) is 3.76. The molecule has 6 nitrogen and oxygen atoms in total. The van der Waals surface area contributed by atoms with Crippen molar-refractivity contribution in [3.8, 4) is 0 Å². The van der Waals surface area contributed by atoms with Gasteiger partial charge in [0.1, 0.15) is 16.5 Å². The molecule has 0 spiro atoms. The third kappa shape index (κ3) is 3.76. The van der Waals surface area contributed by atoms with Crippen LogP contribution in [0.5, 0.6) is 0 Å². The molecular formula is C9H8F3N3O3S2. The Labute approximate surface area is 115 Å². The van der Waals surface area contributed by atoms with Gasteiger partial charge in [0.25, 0.3) is 0 Å². The second-order valence-corrected chi connectivity index (χ2v) is 6.88. The largest absolute Gasteiger partial charge is 0.434 e. The molecule has 0 fully saturated rings. The van der Waals surface area contributed by atoms with Gasteiger partial charge >= 0.3 is 6.18 Å². The van der Waals surface area contributed by atoms with Crippen molar-refractivity contribution in [1.29, 1.82) is 0 Å². The highest BCUT2D eigenvalue weighted by Gasteiger charge is 2.34. The quantitative estimate of drug-likeness (QED) is 0.853. The van der Waals surface area contributed by atoms with Crippen molar-refractivity contribution in [2.75, 3.05) is 0 Å². The molecule has 0 saturated carbocycles. The summed E-state index contributed by atoms with van der Waals surface area (Å²) >= 11 is 0.642. The third-order valence-corrected chi connectivity index (χ3v) is 4.53. The fraction of sp³-hybridized carbons (Fsp3) is 0.444. The van der Waals surface area contributed by atoms with E-state index >= 15 is 0 Å². The molecule has 0 aliphatic heterocycles. The minimum Gasteiger partial charge on any atom is -0.424 e. The van der Waals surface area contributed by atoms with E-state index in [1.807, 2.05) is 0 Å². The van der Waals surface area contributed by atoms with Crippen LogP contribution in [0.15, 0.2) is 9.80 Å². The summed E-state index contributed by atoms with van der Waals surface area (Å²) in [4.78, 5) is 3.26. The SMILES string of the molecule is Cc1nnc(CS(=O)(=O)Cc2nc(C(F)(F)F)cs2)o1. The van der Waals surface area contributed by atoms with Gasteiger partial charge in [-0.15, -0.1) is 21.5 Å². The Hall–Kier alpha value is -1.49. The number of thiazole rings is 1. The highest BCUT2D eigenvalue weighted by Crippen LogP contribution is 2.30. The van der Waals surface area contributed by atoms with Crippen molar-refractivity contribution >= 4 is 21.2 Å². The standard InChI is InChI=1S/C9H8F3N3O3S2/c1-5-14-15-7(18-5)3-20(16,17)4-8-13-6(2-19-8)9(10,11)12/h2H,3-4H2,1H3. The van der Waals surface area contributed by atoms with Gasteiger partial charge in [-0.2, -0.15) is 13.2 Å². The van der Waals surface area contributed by atoms with Crippen LogP contribution in [0, 0.1) is 6.92 Å². The number of halogens is 3. The summed E-state index contributed by atoms with van der Waals surface area (Å²) in [5.41, 5.74) is -1.10. The predicted octanol–water partition coefficient (Wildman–Crippen LogP) is 1.97. The van der Waals surface area contributed by atoms with Gasteiger partial charge in [0.05, 0.1) is 0 Å². The zero-order chi connectivity index (χ0) is 15.0. The number of nitrogens with zero attached hydrogens (tertiary/aromatic N) is 3. The molecular weight excluding hydrogens is 319 g/mol. The zero-order valence-electron chi connectivity index (χ0n) is 10.0. The van der Waals surface area contributed by atoms with E-state index in [2.05, 4.69) is 15.2 Å². The average molecular weight is 327 g/mol. The minimum atomic E-state index is -4.58. The smallest absolute Gasteiger partial charge is 0.424 e. The molecule has 2 aromatic heterocycles. The summed E-state index contributed by atoms with van der Waals surface area (Å²) in [5, 5.41) is 7.64. The maximum atomic E-state index is 12.3. The number of hydrogen-bond acceptors (Lipinski definition) is 7.